The quantitative estimate of drug-likeness (QED) is 0.539. The number of likely N-dealkylation sites (N-methyl/N-ethyl adjacent to an activating group) is 1. The number of carbonyl (C=O) groups excluding carboxylic acids is 2. The van der Waals surface area contributed by atoms with E-state index in [1.54, 1.807) is 37.4 Å². The lowest BCUT2D eigenvalue weighted by Crippen LogP contribution is -2.30. The van der Waals surface area contributed by atoms with Gasteiger partial charge in [0.05, 0.1) is 10.0 Å². The van der Waals surface area contributed by atoms with Crippen LogP contribution in [-0.4, -0.2) is 30.4 Å². The van der Waals surface area contributed by atoms with Crippen molar-refractivity contribution in [1.29, 1.82) is 0 Å². The largest absolute Gasteiger partial charge is 0.452 e. The molecule has 0 saturated heterocycles. The normalized spacial score (nSPS) is 10.8. The van der Waals surface area contributed by atoms with E-state index in [0.717, 1.165) is 11.6 Å². The van der Waals surface area contributed by atoms with Crippen LogP contribution in [0, 0.1) is 5.82 Å². The molecule has 4 nitrogen and oxygen atoms in total. The van der Waals surface area contributed by atoms with Crippen molar-refractivity contribution in [2.24, 2.45) is 0 Å². The molecule has 0 saturated carbocycles. The van der Waals surface area contributed by atoms with Gasteiger partial charge >= 0.3 is 5.97 Å². The summed E-state index contributed by atoms with van der Waals surface area (Å²) in [5.74, 6) is -1.57. The molecule has 0 aliphatic heterocycles. The van der Waals surface area contributed by atoms with E-state index in [2.05, 4.69) is 0 Å². The zero-order chi connectivity index (χ0) is 19.1. The Balaban J connectivity index is 1.84. The number of benzene rings is 2. The van der Waals surface area contributed by atoms with Gasteiger partial charge in [-0.2, -0.15) is 0 Å². The van der Waals surface area contributed by atoms with Crippen molar-refractivity contribution in [1.82, 2.24) is 4.90 Å². The fourth-order valence-electron chi connectivity index (χ4n) is 2.06. The number of nitrogens with zero attached hydrogens (tertiary/aromatic N) is 1. The second kappa shape index (κ2) is 9.36. The average Bonchev–Trinajstić information content (AvgIpc) is 2.62. The van der Waals surface area contributed by atoms with Gasteiger partial charge in [-0.1, -0.05) is 47.5 Å². The molecule has 2 aromatic rings. The van der Waals surface area contributed by atoms with Crippen LogP contribution >= 0.6 is 23.2 Å². The first-order valence-corrected chi connectivity index (χ1v) is 8.39. The molecule has 1 amide bonds. The summed E-state index contributed by atoms with van der Waals surface area (Å²) in [6, 6.07) is 11.1. The molecule has 0 radical (unpaired) electrons. The van der Waals surface area contributed by atoms with Crippen LogP contribution in [0.15, 0.2) is 48.5 Å². The Hall–Kier alpha value is -2.37. The highest BCUT2D eigenvalue weighted by atomic mass is 35.5. The van der Waals surface area contributed by atoms with Gasteiger partial charge in [0.25, 0.3) is 5.91 Å². The topological polar surface area (TPSA) is 46.6 Å². The van der Waals surface area contributed by atoms with E-state index < -0.39 is 18.4 Å². The Morgan fingerprint density at radius 2 is 1.88 bits per heavy atom. The first kappa shape index (κ1) is 19.9. The van der Waals surface area contributed by atoms with Gasteiger partial charge in [0.15, 0.2) is 6.61 Å². The number of ether oxygens (including phenoxy) is 1. The third-order valence-corrected chi connectivity index (χ3v) is 4.21. The molecule has 0 unspecified atom stereocenters. The maximum atomic E-state index is 13.4. The predicted octanol–water partition coefficient (Wildman–Crippen LogP) is 4.35. The van der Waals surface area contributed by atoms with E-state index in [1.807, 2.05) is 0 Å². The molecule has 26 heavy (non-hydrogen) atoms. The first-order valence-electron chi connectivity index (χ1n) is 7.64. The van der Waals surface area contributed by atoms with Crippen LogP contribution in [0.1, 0.15) is 11.1 Å². The molecule has 7 heteroatoms. The summed E-state index contributed by atoms with van der Waals surface area (Å²) in [5.41, 5.74) is 1.05. The summed E-state index contributed by atoms with van der Waals surface area (Å²) in [6.45, 7) is -0.128. The molecule has 0 N–H and O–H groups in total. The van der Waals surface area contributed by atoms with E-state index in [9.17, 15) is 14.0 Å². The van der Waals surface area contributed by atoms with E-state index >= 15 is 0 Å². The maximum Gasteiger partial charge on any atom is 0.331 e. The standard InChI is InChI=1S/C19H16Cl2FNO3/c1-23(11-13-6-8-15(20)16(21)10-13)18(24)12-26-19(25)9-7-14-4-2-3-5-17(14)22/h2-10H,11-12H2,1H3/b9-7+. The van der Waals surface area contributed by atoms with E-state index in [4.69, 9.17) is 27.9 Å². The molecule has 0 aromatic heterocycles. The molecular weight excluding hydrogens is 380 g/mol. The lowest BCUT2D eigenvalue weighted by molar-refractivity contribution is -0.147. The summed E-state index contributed by atoms with van der Waals surface area (Å²) in [5, 5.41) is 0.828. The highest BCUT2D eigenvalue weighted by molar-refractivity contribution is 6.42. The monoisotopic (exact) mass is 395 g/mol. The molecule has 2 aromatic carbocycles. The van der Waals surface area contributed by atoms with Crippen LogP contribution in [0.5, 0.6) is 0 Å². The summed E-state index contributed by atoms with van der Waals surface area (Å²) in [4.78, 5) is 25.1. The minimum absolute atomic E-state index is 0.257. The van der Waals surface area contributed by atoms with Crippen LogP contribution in [0.2, 0.25) is 10.0 Å². The minimum atomic E-state index is -0.732. The number of halogens is 3. The predicted molar refractivity (Wildman–Crippen MR) is 99.3 cm³/mol. The zero-order valence-corrected chi connectivity index (χ0v) is 15.4. The number of hydrogen-bond acceptors (Lipinski definition) is 3. The molecule has 136 valence electrons. The summed E-state index contributed by atoms with van der Waals surface area (Å²) >= 11 is 11.8. The van der Waals surface area contributed by atoms with Crippen LogP contribution in [0.3, 0.4) is 0 Å². The number of esters is 1. The zero-order valence-electron chi connectivity index (χ0n) is 13.9. The highest BCUT2D eigenvalue weighted by Gasteiger charge is 2.12. The Morgan fingerprint density at radius 1 is 1.15 bits per heavy atom. The van der Waals surface area contributed by atoms with Crippen LogP contribution in [-0.2, 0) is 20.9 Å². The highest BCUT2D eigenvalue weighted by Crippen LogP contribution is 2.23. The molecule has 0 heterocycles. The number of amides is 1. The SMILES string of the molecule is CN(Cc1ccc(Cl)c(Cl)c1)C(=O)COC(=O)/C=C/c1ccccc1F. The van der Waals surface area contributed by atoms with Crippen molar-refractivity contribution < 1.29 is 18.7 Å². The molecule has 2 rings (SSSR count). The Kier molecular flexibility index (Phi) is 7.18. The summed E-state index contributed by atoms with van der Waals surface area (Å²) in [7, 11) is 1.58. The van der Waals surface area contributed by atoms with E-state index in [1.165, 1.54) is 23.1 Å². The van der Waals surface area contributed by atoms with Gasteiger partial charge in [-0.05, 0) is 29.8 Å². The molecule has 0 atom stereocenters. The van der Waals surface area contributed by atoms with Crippen molar-refractivity contribution in [3.63, 3.8) is 0 Å². The Bertz CT molecular complexity index is 839. The van der Waals surface area contributed by atoms with Crippen molar-refractivity contribution in [2.75, 3.05) is 13.7 Å². The Morgan fingerprint density at radius 3 is 2.58 bits per heavy atom. The molecule has 0 spiro atoms. The lowest BCUT2D eigenvalue weighted by atomic mass is 10.2. The van der Waals surface area contributed by atoms with Gasteiger partial charge in [0, 0.05) is 25.2 Å². The average molecular weight is 396 g/mol. The minimum Gasteiger partial charge on any atom is -0.452 e. The van der Waals surface area contributed by atoms with Gasteiger partial charge < -0.3 is 9.64 Å². The molecule has 0 aliphatic carbocycles. The number of carbonyl (C=O) groups is 2. The fourth-order valence-corrected chi connectivity index (χ4v) is 2.38. The summed E-state index contributed by atoms with van der Waals surface area (Å²) in [6.07, 6.45) is 2.37. The van der Waals surface area contributed by atoms with Gasteiger partial charge in [-0.3, -0.25) is 4.79 Å². The summed E-state index contributed by atoms with van der Waals surface area (Å²) < 4.78 is 18.3. The van der Waals surface area contributed by atoms with Gasteiger partial charge in [-0.25, -0.2) is 9.18 Å². The van der Waals surface area contributed by atoms with Gasteiger partial charge in [-0.15, -0.1) is 0 Å². The van der Waals surface area contributed by atoms with Gasteiger partial charge in [0.1, 0.15) is 5.82 Å². The van der Waals surface area contributed by atoms with Crippen LogP contribution in [0.25, 0.3) is 6.08 Å². The smallest absolute Gasteiger partial charge is 0.331 e. The van der Waals surface area contributed by atoms with Crippen molar-refractivity contribution in [2.45, 2.75) is 6.54 Å². The molecule has 0 aliphatic rings. The van der Waals surface area contributed by atoms with Crippen molar-refractivity contribution in [3.05, 3.63) is 75.5 Å². The third kappa shape index (κ3) is 5.86. The Labute approximate surface area is 160 Å². The van der Waals surface area contributed by atoms with Crippen molar-refractivity contribution in [3.8, 4) is 0 Å². The van der Waals surface area contributed by atoms with Crippen molar-refractivity contribution >= 4 is 41.2 Å². The second-order valence-electron chi connectivity index (χ2n) is 5.46. The van der Waals surface area contributed by atoms with Crippen LogP contribution in [0.4, 0.5) is 4.39 Å². The van der Waals surface area contributed by atoms with Crippen LogP contribution < -0.4 is 0 Å². The molecular formula is C19H16Cl2FNO3. The van der Waals surface area contributed by atoms with E-state index in [0.29, 0.717) is 16.6 Å². The molecule has 0 fully saturated rings. The second-order valence-corrected chi connectivity index (χ2v) is 6.28. The fraction of sp³-hybridized carbons (Fsp3) is 0.158. The first-order chi connectivity index (χ1) is 12.4. The molecule has 0 bridgehead atoms. The maximum absolute atomic E-state index is 13.4. The van der Waals surface area contributed by atoms with E-state index in [-0.39, 0.29) is 11.5 Å². The van der Waals surface area contributed by atoms with Gasteiger partial charge in [0.2, 0.25) is 0 Å². The number of rotatable bonds is 6. The lowest BCUT2D eigenvalue weighted by Gasteiger charge is -2.17. The third-order valence-electron chi connectivity index (χ3n) is 3.47. The number of hydrogen-bond donors (Lipinski definition) is 0.